The van der Waals surface area contributed by atoms with Gasteiger partial charge in [0, 0.05) is 0 Å². The summed E-state index contributed by atoms with van der Waals surface area (Å²) in [4.78, 5) is 10.2. The highest BCUT2D eigenvalue weighted by Gasteiger charge is 1.79. The quantitative estimate of drug-likeness (QED) is 0.371. The van der Waals surface area contributed by atoms with Crippen molar-refractivity contribution in [1.82, 2.24) is 0 Å². The number of carbonyl (C=O) groups is 1. The lowest BCUT2D eigenvalue weighted by molar-refractivity contribution is -0.107. The molecule has 0 N–H and O–H groups in total. The summed E-state index contributed by atoms with van der Waals surface area (Å²) in [6, 6.07) is 0. The molecule has 12 heavy (non-hydrogen) atoms. The van der Waals surface area contributed by atoms with E-state index in [0.29, 0.717) is 0 Å². The normalized spacial score (nSPS) is 12.8. The zero-order chi connectivity index (χ0) is 9.23. The molecular formula is C10H11ClO. The molecule has 0 aromatic carbocycles. The maximum Gasteiger partial charge on any atom is 0.245 e. The van der Waals surface area contributed by atoms with Crippen LogP contribution in [0.15, 0.2) is 48.6 Å². The van der Waals surface area contributed by atoms with Gasteiger partial charge in [0.15, 0.2) is 0 Å². The molecule has 0 aliphatic carbocycles. The van der Waals surface area contributed by atoms with Crippen LogP contribution < -0.4 is 0 Å². The number of carbonyl (C=O) groups excluding carboxylic acids is 1. The second kappa shape index (κ2) is 8.02. The molecule has 0 saturated carbocycles. The van der Waals surface area contributed by atoms with Gasteiger partial charge in [0.05, 0.1) is 0 Å². The van der Waals surface area contributed by atoms with Gasteiger partial charge in [0.2, 0.25) is 5.24 Å². The molecule has 0 aromatic rings. The van der Waals surface area contributed by atoms with E-state index in [9.17, 15) is 4.79 Å². The van der Waals surface area contributed by atoms with Crippen molar-refractivity contribution >= 4 is 16.8 Å². The maximum absolute atomic E-state index is 10.2. The zero-order valence-corrected chi connectivity index (χ0v) is 7.66. The second-order valence-electron chi connectivity index (χ2n) is 1.96. The van der Waals surface area contributed by atoms with Crippen molar-refractivity contribution in [1.29, 1.82) is 0 Å². The van der Waals surface area contributed by atoms with Crippen LogP contribution in [-0.2, 0) is 4.79 Å². The number of hydrogen-bond acceptors (Lipinski definition) is 1. The fraction of sp³-hybridized carbons (Fsp3) is 0.100. The first kappa shape index (κ1) is 10.9. The molecule has 0 unspecified atom stereocenters. The van der Waals surface area contributed by atoms with Crippen molar-refractivity contribution < 1.29 is 4.79 Å². The van der Waals surface area contributed by atoms with E-state index >= 15 is 0 Å². The molecule has 0 atom stereocenters. The minimum atomic E-state index is -0.461. The molecule has 0 bridgehead atoms. The molecule has 0 saturated heterocycles. The molecule has 1 nitrogen and oxygen atoms in total. The maximum atomic E-state index is 10.2. The highest BCUT2D eigenvalue weighted by molar-refractivity contribution is 6.66. The van der Waals surface area contributed by atoms with Crippen LogP contribution in [-0.4, -0.2) is 5.24 Å². The SMILES string of the molecule is C/C=C/C=C/C=C/C=C/C(=O)Cl. The van der Waals surface area contributed by atoms with Gasteiger partial charge in [-0.1, -0.05) is 42.5 Å². The van der Waals surface area contributed by atoms with Crippen molar-refractivity contribution in [3.63, 3.8) is 0 Å². The molecule has 0 radical (unpaired) electrons. The van der Waals surface area contributed by atoms with Crippen molar-refractivity contribution in [2.24, 2.45) is 0 Å². The predicted molar refractivity (Wildman–Crippen MR) is 53.1 cm³/mol. The van der Waals surface area contributed by atoms with E-state index in [-0.39, 0.29) is 0 Å². The van der Waals surface area contributed by atoms with E-state index in [1.165, 1.54) is 6.08 Å². The predicted octanol–water partition coefficient (Wildman–Crippen LogP) is 3.00. The van der Waals surface area contributed by atoms with Crippen LogP contribution in [0.5, 0.6) is 0 Å². The Morgan fingerprint density at radius 1 is 1.00 bits per heavy atom. The highest BCUT2D eigenvalue weighted by Crippen LogP contribution is 1.85. The van der Waals surface area contributed by atoms with Crippen LogP contribution in [0.3, 0.4) is 0 Å². The molecule has 0 aliphatic heterocycles. The molecular weight excluding hydrogens is 172 g/mol. The Labute approximate surface area is 77.7 Å². The Morgan fingerprint density at radius 2 is 1.50 bits per heavy atom. The van der Waals surface area contributed by atoms with Gasteiger partial charge in [0.25, 0.3) is 0 Å². The molecule has 0 heterocycles. The Kier molecular flexibility index (Phi) is 7.30. The van der Waals surface area contributed by atoms with Crippen LogP contribution in [0.1, 0.15) is 6.92 Å². The number of halogens is 1. The van der Waals surface area contributed by atoms with Crippen LogP contribution in [0.4, 0.5) is 0 Å². The summed E-state index contributed by atoms with van der Waals surface area (Å²) in [5.41, 5.74) is 0. The highest BCUT2D eigenvalue weighted by atomic mass is 35.5. The third kappa shape index (κ3) is 8.92. The van der Waals surface area contributed by atoms with Gasteiger partial charge in [0.1, 0.15) is 0 Å². The average Bonchev–Trinajstić information content (AvgIpc) is 2.02. The summed E-state index contributed by atoms with van der Waals surface area (Å²) in [5.74, 6) is 0. The van der Waals surface area contributed by atoms with E-state index in [4.69, 9.17) is 11.6 Å². The fourth-order valence-corrected chi connectivity index (χ4v) is 0.572. The van der Waals surface area contributed by atoms with Crippen molar-refractivity contribution in [3.8, 4) is 0 Å². The monoisotopic (exact) mass is 182 g/mol. The van der Waals surface area contributed by atoms with E-state index in [1.54, 1.807) is 12.2 Å². The van der Waals surface area contributed by atoms with E-state index < -0.39 is 5.24 Å². The molecule has 0 aliphatic rings. The van der Waals surface area contributed by atoms with Crippen molar-refractivity contribution in [3.05, 3.63) is 48.6 Å². The third-order valence-corrected chi connectivity index (χ3v) is 1.10. The minimum Gasteiger partial charge on any atom is -0.276 e. The fourth-order valence-electron chi connectivity index (χ4n) is 0.499. The Hall–Kier alpha value is -1.08. The van der Waals surface area contributed by atoms with E-state index in [1.807, 2.05) is 37.3 Å². The zero-order valence-electron chi connectivity index (χ0n) is 6.91. The minimum absolute atomic E-state index is 0.461. The molecule has 0 fully saturated rings. The lowest BCUT2D eigenvalue weighted by Crippen LogP contribution is -1.71. The van der Waals surface area contributed by atoms with Crippen molar-refractivity contribution in [2.45, 2.75) is 6.92 Å². The number of rotatable bonds is 4. The van der Waals surface area contributed by atoms with E-state index in [2.05, 4.69) is 0 Å². The summed E-state index contributed by atoms with van der Waals surface area (Å²) >= 11 is 5.05. The Balaban J connectivity index is 3.70. The number of hydrogen-bond donors (Lipinski definition) is 0. The molecule has 64 valence electrons. The summed E-state index contributed by atoms with van der Waals surface area (Å²) in [6.07, 6.45) is 14.0. The number of allylic oxidation sites excluding steroid dienone is 8. The van der Waals surface area contributed by atoms with Crippen LogP contribution >= 0.6 is 11.6 Å². The van der Waals surface area contributed by atoms with Crippen molar-refractivity contribution in [2.75, 3.05) is 0 Å². The van der Waals surface area contributed by atoms with Gasteiger partial charge in [-0.05, 0) is 24.6 Å². The molecule has 2 heteroatoms. The third-order valence-electron chi connectivity index (χ3n) is 0.975. The average molecular weight is 183 g/mol. The topological polar surface area (TPSA) is 17.1 Å². The van der Waals surface area contributed by atoms with Gasteiger partial charge in [-0.25, -0.2) is 0 Å². The molecule has 0 amide bonds. The lowest BCUT2D eigenvalue weighted by Gasteiger charge is -1.73. The summed E-state index contributed by atoms with van der Waals surface area (Å²) in [7, 11) is 0. The van der Waals surface area contributed by atoms with Gasteiger partial charge in [-0.2, -0.15) is 0 Å². The van der Waals surface area contributed by atoms with Gasteiger partial charge in [-0.3, -0.25) is 4.79 Å². The van der Waals surface area contributed by atoms with Crippen LogP contribution in [0.2, 0.25) is 0 Å². The van der Waals surface area contributed by atoms with Gasteiger partial charge < -0.3 is 0 Å². The molecule has 0 aromatic heterocycles. The first-order valence-electron chi connectivity index (χ1n) is 3.59. The van der Waals surface area contributed by atoms with Crippen LogP contribution in [0, 0.1) is 0 Å². The Morgan fingerprint density at radius 3 is 2.00 bits per heavy atom. The smallest absolute Gasteiger partial charge is 0.245 e. The molecule has 0 rings (SSSR count). The van der Waals surface area contributed by atoms with Crippen LogP contribution in [0.25, 0.3) is 0 Å². The van der Waals surface area contributed by atoms with Gasteiger partial charge >= 0.3 is 0 Å². The first-order chi connectivity index (χ1) is 5.77. The first-order valence-corrected chi connectivity index (χ1v) is 3.97. The lowest BCUT2D eigenvalue weighted by atomic mass is 10.4. The van der Waals surface area contributed by atoms with Gasteiger partial charge in [-0.15, -0.1) is 0 Å². The molecule has 0 spiro atoms. The summed E-state index contributed by atoms with van der Waals surface area (Å²) in [5, 5.41) is -0.461. The Bertz CT molecular complexity index is 234. The summed E-state index contributed by atoms with van der Waals surface area (Å²) < 4.78 is 0. The standard InChI is InChI=1S/C10H11ClO/c1-2-3-4-5-6-7-8-9-10(11)12/h2-9H,1H3/b3-2+,5-4+,7-6+,9-8+. The summed E-state index contributed by atoms with van der Waals surface area (Å²) in [6.45, 7) is 1.94. The van der Waals surface area contributed by atoms with E-state index in [0.717, 1.165) is 0 Å². The second-order valence-corrected chi connectivity index (χ2v) is 2.33. The largest absolute Gasteiger partial charge is 0.276 e.